The van der Waals surface area contributed by atoms with Gasteiger partial charge in [0, 0.05) is 6.54 Å². The number of aromatic hydroxyl groups is 1. The highest BCUT2D eigenvalue weighted by atomic mass is 16.5. The summed E-state index contributed by atoms with van der Waals surface area (Å²) in [5.74, 6) is 1.68. The van der Waals surface area contributed by atoms with Gasteiger partial charge in [-0.3, -0.25) is 0 Å². The zero-order valence-corrected chi connectivity index (χ0v) is 11.1. The van der Waals surface area contributed by atoms with Crippen molar-refractivity contribution in [3.63, 3.8) is 0 Å². The van der Waals surface area contributed by atoms with E-state index in [4.69, 9.17) is 4.74 Å². The number of benzene rings is 1. The summed E-state index contributed by atoms with van der Waals surface area (Å²) in [5, 5.41) is 13.0. The average Bonchev–Trinajstić information content (AvgIpc) is 2.89. The van der Waals surface area contributed by atoms with Crippen molar-refractivity contribution in [2.45, 2.75) is 38.6 Å². The molecule has 0 atom stereocenters. The van der Waals surface area contributed by atoms with E-state index in [9.17, 15) is 5.11 Å². The Bertz CT molecular complexity index is 373. The number of phenols is 1. The molecule has 0 bridgehead atoms. The van der Waals surface area contributed by atoms with Crippen LogP contribution in [-0.4, -0.2) is 18.8 Å². The van der Waals surface area contributed by atoms with Gasteiger partial charge < -0.3 is 15.2 Å². The van der Waals surface area contributed by atoms with Crippen molar-refractivity contribution in [3.05, 3.63) is 23.8 Å². The molecule has 1 aromatic carbocycles. The Morgan fingerprint density at radius 1 is 1.33 bits per heavy atom. The number of methoxy groups -OCH3 is 1. The summed E-state index contributed by atoms with van der Waals surface area (Å²) < 4.78 is 5.10. The van der Waals surface area contributed by atoms with Gasteiger partial charge in [0.05, 0.1) is 7.11 Å². The third-order valence-corrected chi connectivity index (χ3v) is 3.78. The van der Waals surface area contributed by atoms with Crippen LogP contribution in [0.15, 0.2) is 18.2 Å². The van der Waals surface area contributed by atoms with Gasteiger partial charge in [0.1, 0.15) is 0 Å². The predicted octanol–water partition coefficient (Wildman–Crippen LogP) is 3.07. The zero-order valence-electron chi connectivity index (χ0n) is 11.1. The van der Waals surface area contributed by atoms with Crippen LogP contribution >= 0.6 is 0 Å². The van der Waals surface area contributed by atoms with Crippen molar-refractivity contribution in [2.75, 3.05) is 13.7 Å². The third kappa shape index (κ3) is 3.64. The Balaban J connectivity index is 1.72. The Kier molecular flexibility index (Phi) is 4.88. The lowest BCUT2D eigenvalue weighted by molar-refractivity contribution is 0.372. The zero-order chi connectivity index (χ0) is 12.8. The number of rotatable bonds is 6. The lowest BCUT2D eigenvalue weighted by Gasteiger charge is -2.10. The van der Waals surface area contributed by atoms with Gasteiger partial charge in [0.25, 0.3) is 0 Å². The van der Waals surface area contributed by atoms with Crippen molar-refractivity contribution in [2.24, 2.45) is 5.92 Å². The fourth-order valence-corrected chi connectivity index (χ4v) is 2.67. The van der Waals surface area contributed by atoms with Gasteiger partial charge in [-0.2, -0.15) is 0 Å². The van der Waals surface area contributed by atoms with Crippen LogP contribution in [0, 0.1) is 5.92 Å². The van der Waals surface area contributed by atoms with Crippen molar-refractivity contribution < 1.29 is 9.84 Å². The summed E-state index contributed by atoms with van der Waals surface area (Å²) in [6.45, 7) is 1.91. The normalized spacial score (nSPS) is 16.1. The second-order valence-corrected chi connectivity index (χ2v) is 5.12. The first-order valence-electron chi connectivity index (χ1n) is 6.86. The first-order valence-corrected chi connectivity index (χ1v) is 6.86. The molecule has 1 fully saturated rings. The quantitative estimate of drug-likeness (QED) is 0.761. The van der Waals surface area contributed by atoms with Crippen LogP contribution in [0.25, 0.3) is 0 Å². The maximum atomic E-state index is 9.50. The van der Waals surface area contributed by atoms with E-state index >= 15 is 0 Å². The lowest BCUT2D eigenvalue weighted by Crippen LogP contribution is -2.17. The van der Waals surface area contributed by atoms with E-state index in [0.29, 0.717) is 5.75 Å². The van der Waals surface area contributed by atoms with Gasteiger partial charge >= 0.3 is 0 Å². The van der Waals surface area contributed by atoms with Crippen molar-refractivity contribution in [3.8, 4) is 11.5 Å². The summed E-state index contributed by atoms with van der Waals surface area (Å²) in [4.78, 5) is 0. The summed E-state index contributed by atoms with van der Waals surface area (Å²) in [6, 6.07) is 5.51. The first kappa shape index (κ1) is 13.2. The summed E-state index contributed by atoms with van der Waals surface area (Å²) >= 11 is 0. The van der Waals surface area contributed by atoms with Crippen molar-refractivity contribution in [1.29, 1.82) is 0 Å². The van der Waals surface area contributed by atoms with Crippen molar-refractivity contribution >= 4 is 0 Å². The van der Waals surface area contributed by atoms with Crippen LogP contribution in [0.3, 0.4) is 0 Å². The maximum Gasteiger partial charge on any atom is 0.160 e. The second-order valence-electron chi connectivity index (χ2n) is 5.12. The molecule has 0 heterocycles. The van der Waals surface area contributed by atoms with E-state index in [-0.39, 0.29) is 5.75 Å². The molecule has 0 saturated heterocycles. The van der Waals surface area contributed by atoms with E-state index in [1.165, 1.54) is 32.1 Å². The molecule has 0 unspecified atom stereocenters. The van der Waals surface area contributed by atoms with Gasteiger partial charge in [0.2, 0.25) is 0 Å². The molecule has 0 aromatic heterocycles. The highest BCUT2D eigenvalue weighted by Crippen LogP contribution is 2.27. The fraction of sp³-hybridized carbons (Fsp3) is 0.600. The van der Waals surface area contributed by atoms with Crippen LogP contribution < -0.4 is 10.1 Å². The molecule has 1 aromatic rings. The van der Waals surface area contributed by atoms with Crippen LogP contribution in [0.1, 0.15) is 37.7 Å². The Hall–Kier alpha value is -1.22. The van der Waals surface area contributed by atoms with E-state index < -0.39 is 0 Å². The van der Waals surface area contributed by atoms with E-state index in [1.54, 1.807) is 13.2 Å². The molecule has 2 rings (SSSR count). The SMILES string of the molecule is COc1cc(CNCCC2CCCC2)ccc1O. The molecule has 1 aliphatic rings. The fourth-order valence-electron chi connectivity index (χ4n) is 2.67. The largest absolute Gasteiger partial charge is 0.504 e. The molecule has 1 aliphatic carbocycles. The first-order chi connectivity index (χ1) is 8.79. The van der Waals surface area contributed by atoms with E-state index in [0.717, 1.165) is 24.6 Å². The van der Waals surface area contributed by atoms with Gasteiger partial charge in [-0.15, -0.1) is 0 Å². The molecule has 0 radical (unpaired) electrons. The van der Waals surface area contributed by atoms with Crippen LogP contribution in [0.2, 0.25) is 0 Å². The van der Waals surface area contributed by atoms with Gasteiger partial charge in [-0.1, -0.05) is 31.7 Å². The van der Waals surface area contributed by atoms with Crippen molar-refractivity contribution in [1.82, 2.24) is 5.32 Å². The number of hydrogen-bond acceptors (Lipinski definition) is 3. The van der Waals surface area contributed by atoms with Crippen LogP contribution in [-0.2, 0) is 6.54 Å². The summed E-state index contributed by atoms with van der Waals surface area (Å²) in [5.41, 5.74) is 1.15. The minimum Gasteiger partial charge on any atom is -0.504 e. The summed E-state index contributed by atoms with van der Waals surface area (Å²) in [6.07, 6.45) is 6.94. The average molecular weight is 249 g/mol. The molecular weight excluding hydrogens is 226 g/mol. The molecule has 2 N–H and O–H groups in total. The summed E-state index contributed by atoms with van der Waals surface area (Å²) in [7, 11) is 1.58. The third-order valence-electron chi connectivity index (χ3n) is 3.78. The van der Waals surface area contributed by atoms with Gasteiger partial charge in [-0.05, 0) is 36.6 Å². The Labute approximate surface area is 109 Å². The molecule has 3 nitrogen and oxygen atoms in total. The molecule has 1 saturated carbocycles. The number of hydrogen-bond donors (Lipinski definition) is 2. The molecule has 0 amide bonds. The smallest absolute Gasteiger partial charge is 0.160 e. The van der Waals surface area contributed by atoms with Gasteiger partial charge in [0.15, 0.2) is 11.5 Å². The van der Waals surface area contributed by atoms with Crippen LogP contribution in [0.5, 0.6) is 11.5 Å². The molecule has 0 aliphatic heterocycles. The standard InChI is InChI=1S/C15H23NO2/c1-18-15-10-13(6-7-14(15)17)11-16-9-8-12-4-2-3-5-12/h6-7,10,12,16-17H,2-5,8-9,11H2,1H3. The van der Waals surface area contributed by atoms with E-state index in [2.05, 4.69) is 5.32 Å². The highest BCUT2D eigenvalue weighted by Gasteiger charge is 2.13. The molecule has 18 heavy (non-hydrogen) atoms. The number of ether oxygens (including phenoxy) is 1. The Morgan fingerprint density at radius 3 is 2.83 bits per heavy atom. The number of phenolic OH excluding ortho intramolecular Hbond substituents is 1. The molecule has 100 valence electrons. The second kappa shape index (κ2) is 6.64. The van der Waals surface area contributed by atoms with Gasteiger partial charge in [-0.25, -0.2) is 0 Å². The topological polar surface area (TPSA) is 41.5 Å². The molecule has 0 spiro atoms. The van der Waals surface area contributed by atoms with Crippen LogP contribution in [0.4, 0.5) is 0 Å². The highest BCUT2D eigenvalue weighted by molar-refractivity contribution is 5.41. The monoisotopic (exact) mass is 249 g/mol. The van der Waals surface area contributed by atoms with E-state index in [1.807, 2.05) is 12.1 Å². The lowest BCUT2D eigenvalue weighted by atomic mass is 10.0. The minimum absolute atomic E-state index is 0.201. The predicted molar refractivity (Wildman–Crippen MR) is 72.9 cm³/mol. The molecular formula is C15H23NO2. The minimum atomic E-state index is 0.201. The maximum absolute atomic E-state index is 9.50. The molecule has 3 heteroatoms. The number of nitrogens with one attached hydrogen (secondary N) is 1. The Morgan fingerprint density at radius 2 is 2.11 bits per heavy atom.